The summed E-state index contributed by atoms with van der Waals surface area (Å²) in [7, 11) is -0.745. The Morgan fingerprint density at radius 2 is 1.97 bits per heavy atom. The van der Waals surface area contributed by atoms with Gasteiger partial charge in [-0.05, 0) is 48.4 Å². The summed E-state index contributed by atoms with van der Waals surface area (Å²) in [6.45, 7) is 0.626. The van der Waals surface area contributed by atoms with Gasteiger partial charge in [0.15, 0.2) is 0 Å². The second kappa shape index (κ2) is 7.87. The zero-order valence-electron chi connectivity index (χ0n) is 16.7. The summed E-state index contributed by atoms with van der Waals surface area (Å²) < 4.78 is 38.7. The van der Waals surface area contributed by atoms with Crippen molar-refractivity contribution in [3.63, 3.8) is 0 Å². The van der Waals surface area contributed by atoms with Crippen LogP contribution < -0.4 is 9.04 Å². The molecule has 0 atom stereocenters. The molecule has 156 valence electrons. The molecule has 0 radical (unpaired) electrons. The molecule has 0 bridgehead atoms. The number of ether oxygens (including phenoxy) is 1. The molecular weight excluding hydrogens is 404 g/mol. The van der Waals surface area contributed by atoms with Crippen molar-refractivity contribution in [2.45, 2.75) is 17.9 Å². The lowest BCUT2D eigenvalue weighted by Gasteiger charge is -2.21. The standard InChI is InChI=1S/C22H22N2O5S/c1-23(15-17-7-5-13-29-17)22(25)19-14-18(9-10-21(19)28-2)30(26,27)24-12-11-16-6-3-4-8-20(16)24/h3-10,13-14H,11-12,15H2,1-2H3. The summed E-state index contributed by atoms with van der Waals surface area (Å²) in [6, 6.07) is 15.3. The van der Waals surface area contributed by atoms with E-state index in [0.29, 0.717) is 30.2 Å². The lowest BCUT2D eigenvalue weighted by atomic mass is 10.1. The van der Waals surface area contributed by atoms with E-state index in [-0.39, 0.29) is 22.9 Å². The Kier molecular flexibility index (Phi) is 5.26. The van der Waals surface area contributed by atoms with Crippen molar-refractivity contribution >= 4 is 21.6 Å². The van der Waals surface area contributed by atoms with E-state index in [1.54, 1.807) is 25.2 Å². The number of sulfonamides is 1. The average molecular weight is 426 g/mol. The van der Waals surface area contributed by atoms with Crippen molar-refractivity contribution in [3.8, 4) is 5.75 Å². The number of hydrogen-bond donors (Lipinski definition) is 0. The molecule has 8 heteroatoms. The van der Waals surface area contributed by atoms with Gasteiger partial charge in [0, 0.05) is 13.6 Å². The summed E-state index contributed by atoms with van der Waals surface area (Å²) in [6.07, 6.45) is 2.19. The molecule has 4 rings (SSSR count). The maximum absolute atomic E-state index is 13.3. The third-order valence-electron chi connectivity index (χ3n) is 5.15. The molecular formula is C22H22N2O5S. The molecule has 0 aliphatic carbocycles. The van der Waals surface area contributed by atoms with E-state index in [9.17, 15) is 13.2 Å². The minimum Gasteiger partial charge on any atom is -0.496 e. The Morgan fingerprint density at radius 3 is 2.70 bits per heavy atom. The summed E-state index contributed by atoms with van der Waals surface area (Å²) in [4.78, 5) is 14.6. The van der Waals surface area contributed by atoms with Gasteiger partial charge in [-0.3, -0.25) is 9.10 Å². The number of methoxy groups -OCH3 is 1. The summed E-state index contributed by atoms with van der Waals surface area (Å²) in [5, 5.41) is 0. The Labute approximate surface area is 175 Å². The fraction of sp³-hybridized carbons (Fsp3) is 0.227. The van der Waals surface area contributed by atoms with Gasteiger partial charge in [0.2, 0.25) is 0 Å². The average Bonchev–Trinajstić information content (AvgIpc) is 3.42. The first kappa shape index (κ1) is 20.0. The van der Waals surface area contributed by atoms with Gasteiger partial charge < -0.3 is 14.1 Å². The van der Waals surface area contributed by atoms with Crippen LogP contribution in [0, 0.1) is 0 Å². The molecule has 1 aliphatic rings. The number of nitrogens with zero attached hydrogens (tertiary/aromatic N) is 2. The highest BCUT2D eigenvalue weighted by Crippen LogP contribution is 2.34. The molecule has 2 heterocycles. The van der Waals surface area contributed by atoms with Gasteiger partial charge in [-0.1, -0.05) is 18.2 Å². The number of hydrogen-bond acceptors (Lipinski definition) is 5. The second-order valence-corrected chi connectivity index (χ2v) is 8.92. The van der Waals surface area contributed by atoms with Crippen molar-refractivity contribution < 1.29 is 22.4 Å². The quantitative estimate of drug-likeness (QED) is 0.604. The third kappa shape index (κ3) is 3.54. The van der Waals surface area contributed by atoms with Crippen LogP contribution in [-0.2, 0) is 23.0 Å². The van der Waals surface area contributed by atoms with Gasteiger partial charge in [-0.2, -0.15) is 0 Å². The molecule has 1 aliphatic heterocycles. The predicted molar refractivity (Wildman–Crippen MR) is 112 cm³/mol. The smallest absolute Gasteiger partial charge is 0.264 e. The zero-order chi connectivity index (χ0) is 21.3. The molecule has 0 spiro atoms. The van der Waals surface area contributed by atoms with Crippen LogP contribution in [0.5, 0.6) is 5.75 Å². The summed E-state index contributed by atoms with van der Waals surface area (Å²) in [5.74, 6) is 0.580. The van der Waals surface area contributed by atoms with Crippen LogP contribution in [0.2, 0.25) is 0 Å². The third-order valence-corrected chi connectivity index (χ3v) is 6.96. The number of furan rings is 1. The van der Waals surface area contributed by atoms with Crippen molar-refractivity contribution in [1.82, 2.24) is 4.90 Å². The monoisotopic (exact) mass is 426 g/mol. The van der Waals surface area contributed by atoms with E-state index in [1.807, 2.05) is 18.2 Å². The number of anilines is 1. The SMILES string of the molecule is COc1ccc(S(=O)(=O)N2CCc3ccccc32)cc1C(=O)N(C)Cc1ccco1. The van der Waals surface area contributed by atoms with Crippen LogP contribution in [0.3, 0.4) is 0 Å². The van der Waals surface area contributed by atoms with Crippen molar-refractivity contribution in [2.75, 3.05) is 25.0 Å². The fourth-order valence-corrected chi connectivity index (χ4v) is 5.14. The van der Waals surface area contributed by atoms with Crippen molar-refractivity contribution in [3.05, 3.63) is 77.7 Å². The number of amides is 1. The molecule has 0 fully saturated rings. The first-order valence-corrected chi connectivity index (χ1v) is 10.9. The van der Waals surface area contributed by atoms with E-state index in [2.05, 4.69) is 0 Å². The summed E-state index contributed by atoms with van der Waals surface area (Å²) >= 11 is 0. The molecule has 2 aromatic carbocycles. The van der Waals surface area contributed by atoms with Crippen LogP contribution in [0.25, 0.3) is 0 Å². The Hall–Kier alpha value is -3.26. The largest absolute Gasteiger partial charge is 0.496 e. The van der Waals surface area contributed by atoms with E-state index < -0.39 is 10.0 Å². The molecule has 3 aromatic rings. The van der Waals surface area contributed by atoms with E-state index in [0.717, 1.165) is 5.56 Å². The summed E-state index contributed by atoms with van der Waals surface area (Å²) in [5.41, 5.74) is 1.85. The topological polar surface area (TPSA) is 80.1 Å². The number of rotatable bonds is 6. The van der Waals surface area contributed by atoms with E-state index in [1.165, 1.54) is 40.8 Å². The van der Waals surface area contributed by atoms with Crippen LogP contribution in [-0.4, -0.2) is 39.9 Å². The fourth-order valence-electron chi connectivity index (χ4n) is 3.61. The molecule has 0 N–H and O–H groups in total. The molecule has 30 heavy (non-hydrogen) atoms. The number of fused-ring (bicyclic) bond motifs is 1. The van der Waals surface area contributed by atoms with E-state index in [4.69, 9.17) is 9.15 Å². The number of carbonyl (C=O) groups is 1. The minimum absolute atomic E-state index is 0.0507. The van der Waals surface area contributed by atoms with Crippen molar-refractivity contribution in [1.29, 1.82) is 0 Å². The minimum atomic E-state index is -3.82. The first-order valence-electron chi connectivity index (χ1n) is 9.48. The predicted octanol–water partition coefficient (Wildman–Crippen LogP) is 3.31. The normalized spacial score (nSPS) is 13.2. The zero-order valence-corrected chi connectivity index (χ0v) is 17.6. The van der Waals surface area contributed by atoms with Crippen LogP contribution >= 0.6 is 0 Å². The highest BCUT2D eigenvalue weighted by molar-refractivity contribution is 7.92. The Balaban J connectivity index is 1.68. The molecule has 0 saturated heterocycles. The van der Waals surface area contributed by atoms with Crippen molar-refractivity contribution in [2.24, 2.45) is 0 Å². The van der Waals surface area contributed by atoms with Gasteiger partial charge in [0.1, 0.15) is 11.5 Å². The second-order valence-electron chi connectivity index (χ2n) is 7.06. The molecule has 7 nitrogen and oxygen atoms in total. The molecule has 0 saturated carbocycles. The van der Waals surface area contributed by atoms with Gasteiger partial charge in [0.05, 0.1) is 36.1 Å². The van der Waals surface area contributed by atoms with Gasteiger partial charge in [-0.15, -0.1) is 0 Å². The van der Waals surface area contributed by atoms with Gasteiger partial charge >= 0.3 is 0 Å². The highest BCUT2D eigenvalue weighted by atomic mass is 32.2. The number of carbonyl (C=O) groups excluding carboxylic acids is 1. The highest BCUT2D eigenvalue weighted by Gasteiger charge is 2.32. The van der Waals surface area contributed by atoms with Crippen LogP contribution in [0.1, 0.15) is 21.7 Å². The molecule has 1 aromatic heterocycles. The number of benzene rings is 2. The maximum Gasteiger partial charge on any atom is 0.264 e. The Morgan fingerprint density at radius 1 is 1.17 bits per heavy atom. The first-order chi connectivity index (χ1) is 14.4. The lowest BCUT2D eigenvalue weighted by molar-refractivity contribution is 0.0772. The molecule has 0 unspecified atom stereocenters. The van der Waals surface area contributed by atoms with Gasteiger partial charge in [-0.25, -0.2) is 8.42 Å². The number of para-hydroxylation sites is 1. The van der Waals surface area contributed by atoms with Crippen LogP contribution in [0.4, 0.5) is 5.69 Å². The van der Waals surface area contributed by atoms with Gasteiger partial charge in [0.25, 0.3) is 15.9 Å². The maximum atomic E-state index is 13.3. The molecule has 1 amide bonds. The van der Waals surface area contributed by atoms with Crippen LogP contribution in [0.15, 0.2) is 70.2 Å². The Bertz CT molecular complexity index is 1170. The van der Waals surface area contributed by atoms with E-state index >= 15 is 0 Å². The lowest BCUT2D eigenvalue weighted by Crippen LogP contribution is -2.30.